The van der Waals surface area contributed by atoms with E-state index in [0.29, 0.717) is 23.1 Å². The lowest BCUT2D eigenvalue weighted by molar-refractivity contribution is 0.306. The van der Waals surface area contributed by atoms with Gasteiger partial charge in [-0.15, -0.1) is 0 Å². The highest BCUT2D eigenvalue weighted by Gasteiger charge is 2.02. The molecule has 0 aromatic heterocycles. The molecule has 2 aromatic carbocycles. The van der Waals surface area contributed by atoms with E-state index in [2.05, 4.69) is 0 Å². The average molecular weight is 264 g/mol. The molecule has 0 aliphatic rings. The van der Waals surface area contributed by atoms with E-state index >= 15 is 0 Å². The Balaban J connectivity index is 2.04. The number of rotatable bonds is 4. The van der Waals surface area contributed by atoms with Crippen molar-refractivity contribution < 1.29 is 9.47 Å². The van der Waals surface area contributed by atoms with Crippen molar-refractivity contribution in [3.05, 3.63) is 53.1 Å². The van der Waals surface area contributed by atoms with Crippen molar-refractivity contribution in [3.63, 3.8) is 0 Å². The molecule has 0 saturated carbocycles. The molecule has 0 radical (unpaired) electrons. The van der Waals surface area contributed by atoms with E-state index in [1.54, 1.807) is 13.2 Å². The van der Waals surface area contributed by atoms with Crippen LogP contribution in [0.1, 0.15) is 5.56 Å². The number of nitrogen functional groups attached to an aromatic ring is 1. The molecule has 4 heteroatoms. The van der Waals surface area contributed by atoms with Crippen LogP contribution in [0.4, 0.5) is 5.69 Å². The van der Waals surface area contributed by atoms with Crippen molar-refractivity contribution in [2.24, 2.45) is 0 Å². The van der Waals surface area contributed by atoms with Crippen molar-refractivity contribution in [1.82, 2.24) is 0 Å². The number of nitrogens with two attached hydrogens (primary N) is 1. The normalized spacial score (nSPS) is 10.1. The molecule has 0 amide bonds. The second kappa shape index (κ2) is 5.65. The standard InChI is InChI=1S/C14H14ClNO2/c1-17-14-6-5-10(7-13(14)15)9-18-12-4-2-3-11(16)8-12/h2-8H,9,16H2,1H3. The Kier molecular flexibility index (Phi) is 3.95. The van der Waals surface area contributed by atoms with Crippen LogP contribution in [0.25, 0.3) is 0 Å². The molecule has 0 bridgehead atoms. The first-order valence-corrected chi connectivity index (χ1v) is 5.87. The fourth-order valence-electron chi connectivity index (χ4n) is 1.57. The summed E-state index contributed by atoms with van der Waals surface area (Å²) in [5.41, 5.74) is 7.33. The molecule has 0 fully saturated rings. The smallest absolute Gasteiger partial charge is 0.137 e. The lowest BCUT2D eigenvalue weighted by Crippen LogP contribution is -1.96. The van der Waals surface area contributed by atoms with Crippen LogP contribution >= 0.6 is 11.6 Å². The molecule has 2 rings (SSSR count). The van der Waals surface area contributed by atoms with Gasteiger partial charge in [0.1, 0.15) is 18.1 Å². The molecular weight excluding hydrogens is 250 g/mol. The van der Waals surface area contributed by atoms with Crippen LogP contribution < -0.4 is 15.2 Å². The van der Waals surface area contributed by atoms with Crippen molar-refractivity contribution in [1.29, 1.82) is 0 Å². The van der Waals surface area contributed by atoms with Crippen LogP contribution in [0.15, 0.2) is 42.5 Å². The zero-order valence-corrected chi connectivity index (χ0v) is 10.8. The largest absolute Gasteiger partial charge is 0.495 e. The van der Waals surface area contributed by atoms with Gasteiger partial charge >= 0.3 is 0 Å². The molecule has 94 valence electrons. The second-order valence-corrected chi connectivity index (χ2v) is 4.24. The van der Waals surface area contributed by atoms with Gasteiger partial charge in [-0.1, -0.05) is 23.7 Å². The van der Waals surface area contributed by atoms with Gasteiger partial charge < -0.3 is 15.2 Å². The van der Waals surface area contributed by atoms with E-state index in [9.17, 15) is 0 Å². The number of ether oxygens (including phenoxy) is 2. The van der Waals surface area contributed by atoms with E-state index < -0.39 is 0 Å². The first kappa shape index (κ1) is 12.6. The minimum absolute atomic E-state index is 0.438. The summed E-state index contributed by atoms with van der Waals surface area (Å²) < 4.78 is 10.7. The summed E-state index contributed by atoms with van der Waals surface area (Å²) >= 11 is 6.04. The van der Waals surface area contributed by atoms with E-state index in [-0.39, 0.29) is 0 Å². The Morgan fingerprint density at radius 2 is 2.00 bits per heavy atom. The van der Waals surface area contributed by atoms with Gasteiger partial charge in [0.25, 0.3) is 0 Å². The lowest BCUT2D eigenvalue weighted by atomic mass is 10.2. The summed E-state index contributed by atoms with van der Waals surface area (Å²) in [6, 6.07) is 12.9. The summed E-state index contributed by atoms with van der Waals surface area (Å²) in [6.07, 6.45) is 0. The molecule has 0 aliphatic carbocycles. The minimum Gasteiger partial charge on any atom is -0.495 e. The maximum absolute atomic E-state index is 6.04. The number of benzene rings is 2. The summed E-state index contributed by atoms with van der Waals surface area (Å²) in [6.45, 7) is 0.438. The van der Waals surface area contributed by atoms with Crippen molar-refractivity contribution in [2.45, 2.75) is 6.61 Å². The fourth-order valence-corrected chi connectivity index (χ4v) is 1.85. The molecule has 2 N–H and O–H groups in total. The van der Waals surface area contributed by atoms with Crippen LogP contribution in [0.2, 0.25) is 5.02 Å². The molecule has 0 unspecified atom stereocenters. The second-order valence-electron chi connectivity index (χ2n) is 3.83. The van der Waals surface area contributed by atoms with Gasteiger partial charge in [-0.3, -0.25) is 0 Å². The van der Waals surface area contributed by atoms with Crippen molar-refractivity contribution >= 4 is 17.3 Å². The summed E-state index contributed by atoms with van der Waals surface area (Å²) in [5, 5.41) is 0.575. The first-order chi connectivity index (χ1) is 8.69. The van der Waals surface area contributed by atoms with Gasteiger partial charge in [-0.05, 0) is 29.8 Å². The van der Waals surface area contributed by atoms with Gasteiger partial charge in [0, 0.05) is 11.8 Å². The molecular formula is C14H14ClNO2. The zero-order valence-electron chi connectivity index (χ0n) is 10.0. The van der Waals surface area contributed by atoms with E-state index in [0.717, 1.165) is 11.3 Å². The minimum atomic E-state index is 0.438. The molecule has 3 nitrogen and oxygen atoms in total. The predicted octanol–water partition coefficient (Wildman–Crippen LogP) is 3.51. The number of hydrogen-bond acceptors (Lipinski definition) is 3. The Hall–Kier alpha value is -1.87. The molecule has 0 spiro atoms. The number of halogens is 1. The van der Waals surface area contributed by atoms with Gasteiger partial charge in [0.15, 0.2) is 0 Å². The van der Waals surface area contributed by atoms with Gasteiger partial charge in [-0.2, -0.15) is 0 Å². The van der Waals surface area contributed by atoms with E-state index in [4.69, 9.17) is 26.8 Å². The van der Waals surface area contributed by atoms with E-state index in [1.807, 2.05) is 36.4 Å². The predicted molar refractivity (Wildman–Crippen MR) is 73.2 cm³/mol. The maximum Gasteiger partial charge on any atom is 0.137 e. The third-order valence-electron chi connectivity index (χ3n) is 2.48. The highest BCUT2D eigenvalue weighted by Crippen LogP contribution is 2.25. The Morgan fingerprint density at radius 3 is 2.67 bits per heavy atom. The van der Waals surface area contributed by atoms with Crippen LogP contribution in [0.5, 0.6) is 11.5 Å². The highest BCUT2D eigenvalue weighted by atomic mass is 35.5. The highest BCUT2D eigenvalue weighted by molar-refractivity contribution is 6.32. The fraction of sp³-hybridized carbons (Fsp3) is 0.143. The number of hydrogen-bond donors (Lipinski definition) is 1. The topological polar surface area (TPSA) is 44.5 Å². The number of methoxy groups -OCH3 is 1. The third kappa shape index (κ3) is 3.08. The molecule has 0 heterocycles. The van der Waals surface area contributed by atoms with Crippen molar-refractivity contribution in [2.75, 3.05) is 12.8 Å². The van der Waals surface area contributed by atoms with Gasteiger partial charge in [0.2, 0.25) is 0 Å². The van der Waals surface area contributed by atoms with E-state index in [1.165, 1.54) is 0 Å². The first-order valence-electron chi connectivity index (χ1n) is 5.50. The Labute approximate surface area is 111 Å². The third-order valence-corrected chi connectivity index (χ3v) is 2.78. The lowest BCUT2D eigenvalue weighted by Gasteiger charge is -2.08. The van der Waals surface area contributed by atoms with Gasteiger partial charge in [-0.25, -0.2) is 0 Å². The van der Waals surface area contributed by atoms with Crippen LogP contribution in [0, 0.1) is 0 Å². The molecule has 18 heavy (non-hydrogen) atoms. The zero-order chi connectivity index (χ0) is 13.0. The van der Waals surface area contributed by atoms with Crippen LogP contribution in [-0.4, -0.2) is 7.11 Å². The number of anilines is 1. The summed E-state index contributed by atoms with van der Waals surface area (Å²) in [4.78, 5) is 0. The molecule has 2 aromatic rings. The van der Waals surface area contributed by atoms with Crippen molar-refractivity contribution in [3.8, 4) is 11.5 Å². The Bertz CT molecular complexity index is 543. The van der Waals surface area contributed by atoms with Crippen LogP contribution in [-0.2, 0) is 6.61 Å². The summed E-state index contributed by atoms with van der Waals surface area (Å²) in [5.74, 6) is 1.39. The average Bonchev–Trinajstić information content (AvgIpc) is 2.37. The molecule has 0 aliphatic heterocycles. The SMILES string of the molecule is COc1ccc(COc2cccc(N)c2)cc1Cl. The quantitative estimate of drug-likeness (QED) is 0.859. The molecule has 0 saturated heterocycles. The monoisotopic (exact) mass is 263 g/mol. The van der Waals surface area contributed by atoms with Crippen LogP contribution in [0.3, 0.4) is 0 Å². The summed E-state index contributed by atoms with van der Waals surface area (Å²) in [7, 11) is 1.59. The Morgan fingerprint density at radius 1 is 1.17 bits per heavy atom. The maximum atomic E-state index is 6.04. The molecule has 0 atom stereocenters. The van der Waals surface area contributed by atoms with Gasteiger partial charge in [0.05, 0.1) is 12.1 Å².